The molecule has 0 radical (unpaired) electrons. The monoisotopic (exact) mass is 312 g/mol. The van der Waals surface area contributed by atoms with Gasteiger partial charge in [0.15, 0.2) is 17.2 Å². The minimum atomic E-state index is -0.438. The van der Waals surface area contributed by atoms with Crippen LogP contribution in [-0.4, -0.2) is 26.1 Å². The molecule has 0 saturated heterocycles. The molecule has 3 aromatic rings. The van der Waals surface area contributed by atoms with Crippen LogP contribution in [0.4, 0.5) is 0 Å². The Morgan fingerprint density at radius 1 is 1.30 bits per heavy atom. The first kappa shape index (κ1) is 15.3. The number of hydrogen-bond donors (Lipinski definition) is 0. The maximum absolute atomic E-state index is 12.4. The second kappa shape index (κ2) is 5.22. The van der Waals surface area contributed by atoms with Crippen molar-refractivity contribution in [2.75, 3.05) is 5.01 Å². The van der Waals surface area contributed by atoms with E-state index in [0.29, 0.717) is 17.2 Å². The van der Waals surface area contributed by atoms with Crippen LogP contribution in [0.15, 0.2) is 35.1 Å². The molecule has 0 aliphatic rings. The lowest BCUT2D eigenvalue weighted by atomic mass is 10.1. The molecule has 0 aliphatic heterocycles. The van der Waals surface area contributed by atoms with Gasteiger partial charge in [0.1, 0.15) is 5.52 Å². The van der Waals surface area contributed by atoms with Crippen molar-refractivity contribution < 1.29 is 9.21 Å². The number of fused-ring (bicyclic) bond motifs is 1. The third-order valence-corrected chi connectivity index (χ3v) is 3.60. The highest BCUT2D eigenvalue weighted by Crippen LogP contribution is 2.28. The van der Waals surface area contributed by atoms with Gasteiger partial charge in [0, 0.05) is 13.1 Å². The summed E-state index contributed by atoms with van der Waals surface area (Å²) in [6.07, 6.45) is 3.32. The highest BCUT2D eigenvalue weighted by atomic mass is 16.3. The summed E-state index contributed by atoms with van der Waals surface area (Å²) in [6, 6.07) is 5.53. The fourth-order valence-electron chi connectivity index (χ4n) is 2.75. The average molecular weight is 312 g/mol. The fourth-order valence-corrected chi connectivity index (χ4v) is 2.75. The molecule has 0 aromatic carbocycles. The summed E-state index contributed by atoms with van der Waals surface area (Å²) in [7, 11) is 0. The molecule has 0 atom stereocenters. The van der Waals surface area contributed by atoms with Gasteiger partial charge in [-0.3, -0.25) is 4.79 Å². The molecule has 0 fully saturated rings. The summed E-state index contributed by atoms with van der Waals surface area (Å²) in [6.45, 7) is 9.44. The molecule has 0 unspecified atom stereocenters. The zero-order valence-electron chi connectivity index (χ0n) is 14.0. The van der Waals surface area contributed by atoms with Crippen molar-refractivity contribution in [3.8, 4) is 11.6 Å². The van der Waals surface area contributed by atoms with Crippen molar-refractivity contribution >= 4 is 17.1 Å². The topological polar surface area (TPSA) is 64.2 Å². The van der Waals surface area contributed by atoms with Gasteiger partial charge in [-0.2, -0.15) is 0 Å². The Balaban J connectivity index is 2.39. The number of pyridine rings is 1. The first-order chi connectivity index (χ1) is 10.8. The molecule has 1 amide bonds. The lowest BCUT2D eigenvalue weighted by Crippen LogP contribution is -2.52. The summed E-state index contributed by atoms with van der Waals surface area (Å²) in [4.78, 5) is 21.5. The number of carbonyl (C=O) groups excluding carboxylic acids is 1. The maximum atomic E-state index is 12.4. The van der Waals surface area contributed by atoms with E-state index < -0.39 is 5.54 Å². The molecule has 120 valence electrons. The highest BCUT2D eigenvalue weighted by molar-refractivity contribution is 5.89. The Labute approximate surface area is 134 Å². The summed E-state index contributed by atoms with van der Waals surface area (Å²) in [5.74, 6) is 1.07. The Morgan fingerprint density at radius 2 is 2.04 bits per heavy atom. The molecule has 6 heteroatoms. The summed E-state index contributed by atoms with van der Waals surface area (Å²) in [5, 5.41) is 1.66. The van der Waals surface area contributed by atoms with E-state index in [0.717, 1.165) is 11.1 Å². The van der Waals surface area contributed by atoms with E-state index in [9.17, 15) is 4.79 Å². The smallest absolute Gasteiger partial charge is 0.238 e. The van der Waals surface area contributed by atoms with Gasteiger partial charge >= 0.3 is 0 Å². The van der Waals surface area contributed by atoms with E-state index in [-0.39, 0.29) is 5.91 Å². The number of rotatable bonds is 2. The first-order valence-corrected chi connectivity index (χ1v) is 7.49. The Bertz CT molecular complexity index is 857. The van der Waals surface area contributed by atoms with E-state index >= 15 is 0 Å². The van der Waals surface area contributed by atoms with Gasteiger partial charge in [0.2, 0.25) is 5.91 Å². The maximum Gasteiger partial charge on any atom is 0.238 e. The molecular weight excluding hydrogens is 292 g/mol. The molecule has 0 spiro atoms. The number of carbonyl (C=O) groups is 1. The molecule has 0 N–H and O–H groups in total. The van der Waals surface area contributed by atoms with E-state index in [1.807, 2.05) is 39.8 Å². The summed E-state index contributed by atoms with van der Waals surface area (Å²) in [5.41, 5.74) is 1.96. The van der Waals surface area contributed by atoms with Crippen LogP contribution in [0.2, 0.25) is 0 Å². The summed E-state index contributed by atoms with van der Waals surface area (Å²) >= 11 is 0. The number of aryl methyl sites for hydroxylation is 1. The Kier molecular flexibility index (Phi) is 3.47. The van der Waals surface area contributed by atoms with Crippen LogP contribution >= 0.6 is 0 Å². The van der Waals surface area contributed by atoms with Crippen molar-refractivity contribution in [3.63, 3.8) is 0 Å². The van der Waals surface area contributed by atoms with Gasteiger partial charge in [-0.1, -0.05) is 0 Å². The zero-order valence-corrected chi connectivity index (χ0v) is 14.0. The predicted molar refractivity (Wildman–Crippen MR) is 88.6 cm³/mol. The lowest BCUT2D eigenvalue weighted by molar-refractivity contribution is -0.119. The standard InChI is InChI=1S/C17H20N4O2/c1-11-8-9-18-16-14(11)19-15(13-7-6-10-23-13)20(16)21(12(2)22)17(3,4)5/h6-10H,1-5H3. The Morgan fingerprint density at radius 3 is 2.61 bits per heavy atom. The number of nitrogens with zero attached hydrogens (tertiary/aromatic N) is 4. The van der Waals surface area contributed by atoms with E-state index in [1.165, 1.54) is 0 Å². The molecule has 0 saturated carbocycles. The molecule has 6 nitrogen and oxygen atoms in total. The molecule has 3 heterocycles. The zero-order chi connectivity index (χ0) is 16.8. The third kappa shape index (κ3) is 2.50. The number of amides is 1. The van der Waals surface area contributed by atoms with E-state index in [4.69, 9.17) is 4.42 Å². The highest BCUT2D eigenvalue weighted by Gasteiger charge is 2.31. The molecule has 3 aromatic heterocycles. The van der Waals surface area contributed by atoms with Crippen molar-refractivity contribution in [2.45, 2.75) is 40.2 Å². The van der Waals surface area contributed by atoms with Crippen LogP contribution in [-0.2, 0) is 4.79 Å². The third-order valence-electron chi connectivity index (χ3n) is 3.60. The van der Waals surface area contributed by atoms with Gasteiger partial charge in [-0.15, -0.1) is 0 Å². The van der Waals surface area contributed by atoms with Crippen LogP contribution < -0.4 is 5.01 Å². The lowest BCUT2D eigenvalue weighted by Gasteiger charge is -2.35. The molecule has 0 aliphatic carbocycles. The van der Waals surface area contributed by atoms with Crippen LogP contribution in [0.25, 0.3) is 22.7 Å². The van der Waals surface area contributed by atoms with Crippen LogP contribution in [0.5, 0.6) is 0 Å². The fraction of sp³-hybridized carbons (Fsp3) is 0.353. The van der Waals surface area contributed by atoms with Crippen LogP contribution in [0, 0.1) is 6.92 Å². The van der Waals surface area contributed by atoms with Gasteiger partial charge < -0.3 is 4.42 Å². The van der Waals surface area contributed by atoms with E-state index in [1.54, 1.807) is 35.1 Å². The summed E-state index contributed by atoms with van der Waals surface area (Å²) < 4.78 is 7.28. The SMILES string of the molecule is CC(=O)N(n1c(-c2ccco2)nc2c(C)ccnc21)C(C)(C)C. The first-order valence-electron chi connectivity index (χ1n) is 7.49. The molecular formula is C17H20N4O2. The molecule has 0 bridgehead atoms. The van der Waals surface area contributed by atoms with E-state index in [2.05, 4.69) is 9.97 Å². The number of imidazole rings is 1. The number of furan rings is 1. The minimum absolute atomic E-state index is 0.0899. The van der Waals surface area contributed by atoms with Gasteiger partial charge in [-0.05, 0) is 51.5 Å². The van der Waals surface area contributed by atoms with Gasteiger partial charge in [0.05, 0.1) is 11.8 Å². The van der Waals surface area contributed by atoms with Crippen molar-refractivity contribution in [1.82, 2.24) is 14.6 Å². The quantitative estimate of drug-likeness (QED) is 0.728. The van der Waals surface area contributed by atoms with Crippen molar-refractivity contribution in [1.29, 1.82) is 0 Å². The second-order valence-corrected chi connectivity index (χ2v) is 6.53. The Hall–Kier alpha value is -2.63. The van der Waals surface area contributed by atoms with Crippen molar-refractivity contribution in [2.24, 2.45) is 0 Å². The minimum Gasteiger partial charge on any atom is -0.461 e. The van der Waals surface area contributed by atoms with Gasteiger partial charge in [-0.25, -0.2) is 19.7 Å². The largest absolute Gasteiger partial charge is 0.461 e. The van der Waals surface area contributed by atoms with Gasteiger partial charge in [0.25, 0.3) is 0 Å². The normalized spacial score (nSPS) is 11.9. The number of aromatic nitrogens is 3. The molecule has 23 heavy (non-hydrogen) atoms. The average Bonchev–Trinajstić information content (AvgIpc) is 3.05. The molecule has 3 rings (SSSR count). The van der Waals surface area contributed by atoms with Crippen LogP contribution in [0.3, 0.4) is 0 Å². The predicted octanol–water partition coefficient (Wildman–Crippen LogP) is 3.28. The number of hydrogen-bond acceptors (Lipinski definition) is 4. The van der Waals surface area contributed by atoms with Crippen molar-refractivity contribution in [3.05, 3.63) is 36.2 Å². The second-order valence-electron chi connectivity index (χ2n) is 6.53. The van der Waals surface area contributed by atoms with Crippen LogP contribution in [0.1, 0.15) is 33.3 Å².